The van der Waals surface area contributed by atoms with Gasteiger partial charge in [-0.25, -0.2) is 14.4 Å². The summed E-state index contributed by atoms with van der Waals surface area (Å²) in [5.41, 5.74) is -1.62. The van der Waals surface area contributed by atoms with E-state index in [1.807, 2.05) is 0 Å². The van der Waals surface area contributed by atoms with Gasteiger partial charge in [0.25, 0.3) is 0 Å². The maximum absolute atomic E-state index is 12.8. The van der Waals surface area contributed by atoms with Gasteiger partial charge in [0.15, 0.2) is 64.0 Å². The second-order valence-electron chi connectivity index (χ2n) is 9.49. The van der Waals surface area contributed by atoms with E-state index in [0.717, 1.165) is 12.1 Å². The van der Waals surface area contributed by atoms with Crippen molar-refractivity contribution < 1.29 is 89.5 Å². The van der Waals surface area contributed by atoms with Crippen LogP contribution in [-0.4, -0.2) is 111 Å². The van der Waals surface area contributed by atoms with Crippen LogP contribution < -0.4 is 0 Å². The van der Waals surface area contributed by atoms with Crippen molar-refractivity contribution in [1.82, 2.24) is 0 Å². The van der Waals surface area contributed by atoms with Crippen molar-refractivity contribution in [3.8, 4) is 51.7 Å². The highest BCUT2D eigenvalue weighted by molar-refractivity contribution is 5.92. The number of hydrogen-bond donors (Lipinski definition) is 11. The topological polar surface area (TPSA) is 311 Å². The Morgan fingerprint density at radius 2 is 0.911 bits per heavy atom. The van der Waals surface area contributed by atoms with Crippen LogP contribution in [0.4, 0.5) is 0 Å². The number of ether oxygens (including phenoxy) is 4. The number of rotatable bonds is 7. The van der Waals surface area contributed by atoms with Gasteiger partial charge in [-0.05, 0) is 36.4 Å². The first kappa shape index (κ1) is 32.1. The fourth-order valence-corrected chi connectivity index (χ4v) is 4.05. The Kier molecular flexibility index (Phi) is 8.84. The molecule has 3 aromatic carbocycles. The zero-order chi connectivity index (χ0) is 33.3. The van der Waals surface area contributed by atoms with E-state index in [1.54, 1.807) is 0 Å². The lowest BCUT2D eigenvalue weighted by Gasteiger charge is -2.41. The maximum Gasteiger partial charge on any atom is 0.340 e. The molecule has 0 aliphatic carbocycles. The molecule has 45 heavy (non-hydrogen) atoms. The van der Waals surface area contributed by atoms with E-state index in [-0.39, 0.29) is 0 Å². The predicted molar refractivity (Wildman–Crippen MR) is 140 cm³/mol. The van der Waals surface area contributed by atoms with E-state index in [0.29, 0.717) is 24.3 Å². The summed E-state index contributed by atoms with van der Waals surface area (Å²) in [5, 5.41) is 108. The normalized spacial score (nSPS) is 21.1. The van der Waals surface area contributed by atoms with Crippen molar-refractivity contribution in [2.75, 3.05) is 6.61 Å². The van der Waals surface area contributed by atoms with E-state index in [2.05, 4.69) is 0 Å². The molecule has 1 fully saturated rings. The molecule has 0 spiro atoms. The summed E-state index contributed by atoms with van der Waals surface area (Å²) in [7, 11) is 0. The first-order valence-electron chi connectivity index (χ1n) is 12.4. The van der Waals surface area contributed by atoms with Gasteiger partial charge in [0.05, 0.1) is 16.7 Å². The number of carbonyl (C=O) groups excluding carboxylic acids is 3. The average Bonchev–Trinajstić information content (AvgIpc) is 2.99. The van der Waals surface area contributed by atoms with Crippen LogP contribution in [0.3, 0.4) is 0 Å². The summed E-state index contributed by atoms with van der Waals surface area (Å²) >= 11 is 0. The lowest BCUT2D eigenvalue weighted by atomic mass is 9.98. The van der Waals surface area contributed by atoms with Crippen molar-refractivity contribution >= 4 is 17.9 Å². The number of aliphatic hydroxyl groups excluding tert-OH is 2. The van der Waals surface area contributed by atoms with E-state index >= 15 is 0 Å². The number of aliphatic hydroxyl groups is 2. The lowest BCUT2D eigenvalue weighted by Crippen LogP contribution is -2.61. The molecule has 1 aliphatic rings. The molecule has 0 saturated carbocycles. The van der Waals surface area contributed by atoms with Crippen LogP contribution in [0, 0.1) is 0 Å². The highest BCUT2D eigenvalue weighted by Gasteiger charge is 2.49. The van der Waals surface area contributed by atoms with Crippen molar-refractivity contribution in [3.05, 3.63) is 53.1 Å². The molecule has 1 saturated heterocycles. The Bertz CT molecular complexity index is 1580. The molecule has 0 amide bonds. The number of phenols is 9. The number of esters is 3. The number of hydrogen-bond acceptors (Lipinski definition) is 18. The van der Waals surface area contributed by atoms with Crippen LogP contribution in [-0.2, 0) is 18.9 Å². The zero-order valence-corrected chi connectivity index (χ0v) is 22.3. The largest absolute Gasteiger partial charge is 0.504 e. The van der Waals surface area contributed by atoms with E-state index in [4.69, 9.17) is 18.9 Å². The quantitative estimate of drug-likeness (QED) is 0.0902. The number of benzene rings is 3. The third kappa shape index (κ3) is 6.56. The third-order valence-electron chi connectivity index (χ3n) is 6.40. The molecule has 11 N–H and O–H groups in total. The molecule has 0 radical (unpaired) electrons. The zero-order valence-electron chi connectivity index (χ0n) is 22.3. The van der Waals surface area contributed by atoms with Crippen LogP contribution in [0.15, 0.2) is 36.4 Å². The van der Waals surface area contributed by atoms with Crippen LogP contribution in [0.1, 0.15) is 31.1 Å². The molecule has 18 heteroatoms. The first-order valence-corrected chi connectivity index (χ1v) is 12.4. The summed E-state index contributed by atoms with van der Waals surface area (Å²) in [5.74, 6) is -12.3. The highest BCUT2D eigenvalue weighted by Crippen LogP contribution is 2.38. The molecule has 0 unspecified atom stereocenters. The van der Waals surface area contributed by atoms with E-state index < -0.39 is 124 Å². The fourth-order valence-electron chi connectivity index (χ4n) is 4.05. The second-order valence-corrected chi connectivity index (χ2v) is 9.49. The number of carbonyl (C=O) groups is 3. The Labute approximate surface area is 249 Å². The van der Waals surface area contributed by atoms with Crippen molar-refractivity contribution in [1.29, 1.82) is 0 Å². The van der Waals surface area contributed by atoms with Crippen molar-refractivity contribution in [3.63, 3.8) is 0 Å². The van der Waals surface area contributed by atoms with Crippen LogP contribution in [0.25, 0.3) is 0 Å². The Morgan fingerprint density at radius 3 is 1.31 bits per heavy atom. The summed E-state index contributed by atoms with van der Waals surface area (Å²) in [6, 6.07) is 4.20. The molecule has 5 atom stereocenters. The number of aromatic hydroxyl groups is 9. The molecule has 1 heterocycles. The molecule has 0 aromatic heterocycles. The van der Waals surface area contributed by atoms with Crippen molar-refractivity contribution in [2.45, 2.75) is 30.7 Å². The standard InChI is InChI=1S/C27H24O18/c28-11-1-8(2-12(29)18(11)34)24(39)42-7-17-21(37)23(44-25(40)9-3-13(30)19(35)14(31)4-9)22(38)27(43-17)45-26(41)10-5-15(32)20(36)16(33)6-10/h1-6,17,21-23,27-38H,7H2/t17-,21-,22+,23-,27-/m1/s1. The summed E-state index contributed by atoms with van der Waals surface area (Å²) in [6.07, 6.45) is -10.2. The summed E-state index contributed by atoms with van der Waals surface area (Å²) in [4.78, 5) is 38.1. The fraction of sp³-hybridized carbons (Fsp3) is 0.222. The molecule has 240 valence electrons. The molecule has 18 nitrogen and oxygen atoms in total. The molecule has 1 aliphatic heterocycles. The second kappa shape index (κ2) is 12.4. The smallest absolute Gasteiger partial charge is 0.340 e. The van der Waals surface area contributed by atoms with Crippen molar-refractivity contribution in [2.24, 2.45) is 0 Å². The molecular formula is C27H24O18. The average molecular weight is 636 g/mol. The van der Waals surface area contributed by atoms with Crippen LogP contribution in [0.2, 0.25) is 0 Å². The molecule has 0 bridgehead atoms. The van der Waals surface area contributed by atoms with Gasteiger partial charge < -0.3 is 75.1 Å². The van der Waals surface area contributed by atoms with Gasteiger partial charge in [-0.15, -0.1) is 0 Å². The SMILES string of the molecule is O=C(OC[C@H]1O[C@H](OC(=O)c2cc(O)c(O)c(O)c2)[C@@H](O)[C@H](OC(=O)c2cc(O)c(O)c(O)c2)[C@@H]1O)c1cc(O)c(O)c(O)c1. The van der Waals surface area contributed by atoms with Gasteiger partial charge in [-0.2, -0.15) is 0 Å². The Hall–Kier alpha value is -5.85. The summed E-state index contributed by atoms with van der Waals surface area (Å²) in [6.45, 7) is -0.918. The minimum atomic E-state index is -2.19. The Balaban J connectivity index is 1.59. The van der Waals surface area contributed by atoms with E-state index in [9.17, 15) is 70.6 Å². The van der Waals surface area contributed by atoms with Gasteiger partial charge in [0.2, 0.25) is 6.29 Å². The molecule has 3 aromatic rings. The van der Waals surface area contributed by atoms with Gasteiger partial charge in [-0.1, -0.05) is 0 Å². The Morgan fingerprint density at radius 1 is 0.556 bits per heavy atom. The number of phenolic OH excluding ortho intramolecular Hbond substituents is 9. The monoisotopic (exact) mass is 636 g/mol. The minimum Gasteiger partial charge on any atom is -0.504 e. The van der Waals surface area contributed by atoms with Gasteiger partial charge in [-0.3, -0.25) is 0 Å². The first-order chi connectivity index (χ1) is 21.1. The van der Waals surface area contributed by atoms with E-state index in [1.165, 1.54) is 0 Å². The highest BCUT2D eigenvalue weighted by atomic mass is 16.7. The molecular weight excluding hydrogens is 612 g/mol. The lowest BCUT2D eigenvalue weighted by molar-refractivity contribution is -0.284. The van der Waals surface area contributed by atoms with Gasteiger partial charge in [0, 0.05) is 0 Å². The van der Waals surface area contributed by atoms with Gasteiger partial charge in [0.1, 0.15) is 18.8 Å². The minimum absolute atomic E-state index is 0.474. The van der Waals surface area contributed by atoms with Crippen LogP contribution in [0.5, 0.6) is 51.7 Å². The third-order valence-corrected chi connectivity index (χ3v) is 6.40. The summed E-state index contributed by atoms with van der Waals surface area (Å²) < 4.78 is 20.6. The van der Waals surface area contributed by atoms with Crippen LogP contribution >= 0.6 is 0 Å². The maximum atomic E-state index is 12.8. The van der Waals surface area contributed by atoms with Gasteiger partial charge >= 0.3 is 17.9 Å². The predicted octanol–water partition coefficient (Wildman–Crippen LogP) is -0.277. The molecule has 4 rings (SSSR count).